The van der Waals surface area contributed by atoms with Crippen molar-refractivity contribution in [3.63, 3.8) is 0 Å². The first kappa shape index (κ1) is 17.1. The third-order valence-corrected chi connectivity index (χ3v) is 5.32. The van der Waals surface area contributed by atoms with Crippen LogP contribution in [0, 0.1) is 11.3 Å². The van der Waals surface area contributed by atoms with Crippen LogP contribution in [-0.4, -0.2) is 36.5 Å². The Labute approximate surface area is 158 Å². The number of nitriles is 1. The average Bonchev–Trinajstić information content (AvgIpc) is 2.72. The lowest BCUT2D eigenvalue weighted by atomic mass is 9.97. The topological polar surface area (TPSA) is 76.4 Å². The lowest BCUT2D eigenvalue weighted by Crippen LogP contribution is -2.55. The van der Waals surface area contributed by atoms with E-state index in [0.29, 0.717) is 22.4 Å². The molecule has 0 unspecified atom stereocenters. The van der Waals surface area contributed by atoms with Crippen molar-refractivity contribution in [2.45, 2.75) is 25.4 Å². The van der Waals surface area contributed by atoms with Crippen molar-refractivity contribution in [1.29, 1.82) is 5.26 Å². The van der Waals surface area contributed by atoms with Gasteiger partial charge in [0.2, 0.25) is 0 Å². The van der Waals surface area contributed by atoms with E-state index in [4.69, 9.17) is 5.26 Å². The number of benzene rings is 2. The Hall–Kier alpha value is -3.33. The molecule has 4 rings (SSSR count). The summed E-state index contributed by atoms with van der Waals surface area (Å²) in [6.45, 7) is 0.786. The summed E-state index contributed by atoms with van der Waals surface area (Å²) in [5, 5.41) is 11.7. The zero-order chi connectivity index (χ0) is 19.0. The van der Waals surface area contributed by atoms with Crippen molar-refractivity contribution in [3.05, 3.63) is 59.2 Å². The molecule has 0 bridgehead atoms. The molecule has 2 aliphatic rings. The highest BCUT2D eigenvalue weighted by Gasteiger charge is 2.37. The van der Waals surface area contributed by atoms with Crippen molar-refractivity contribution in [1.82, 2.24) is 4.90 Å². The number of piperidine rings is 1. The van der Waals surface area contributed by atoms with Crippen molar-refractivity contribution in [3.8, 4) is 6.07 Å². The number of rotatable bonds is 2. The van der Waals surface area contributed by atoms with Crippen LogP contribution >= 0.6 is 0 Å². The van der Waals surface area contributed by atoms with Crippen molar-refractivity contribution < 1.29 is 9.59 Å². The number of hydrogen-bond acceptors (Lipinski definition) is 4. The van der Waals surface area contributed by atoms with E-state index in [-0.39, 0.29) is 18.0 Å². The summed E-state index contributed by atoms with van der Waals surface area (Å²) >= 11 is 0. The SMILES string of the molecule is CN1c2cc(C(=O)Nc3ccc(C#N)cc3)ccc2C(=O)N2CCCC[C@@H]21. The Morgan fingerprint density at radius 3 is 2.70 bits per heavy atom. The third-order valence-electron chi connectivity index (χ3n) is 5.32. The monoisotopic (exact) mass is 360 g/mol. The van der Waals surface area contributed by atoms with Crippen LogP contribution in [0.25, 0.3) is 0 Å². The number of fused-ring (bicyclic) bond motifs is 2. The lowest BCUT2D eigenvalue weighted by molar-refractivity contribution is 0.0589. The van der Waals surface area contributed by atoms with Gasteiger partial charge in [0.05, 0.1) is 22.9 Å². The van der Waals surface area contributed by atoms with E-state index in [0.717, 1.165) is 31.5 Å². The van der Waals surface area contributed by atoms with Gasteiger partial charge in [0.25, 0.3) is 11.8 Å². The highest BCUT2D eigenvalue weighted by atomic mass is 16.2. The fourth-order valence-electron chi connectivity index (χ4n) is 3.85. The van der Waals surface area contributed by atoms with Gasteiger partial charge in [0.15, 0.2) is 0 Å². The zero-order valence-corrected chi connectivity index (χ0v) is 15.1. The van der Waals surface area contributed by atoms with Gasteiger partial charge >= 0.3 is 0 Å². The normalized spacial score (nSPS) is 18.4. The molecule has 0 radical (unpaired) electrons. The van der Waals surface area contributed by atoms with Crippen LogP contribution in [0.5, 0.6) is 0 Å². The number of nitrogens with one attached hydrogen (secondary N) is 1. The fourth-order valence-corrected chi connectivity index (χ4v) is 3.85. The Kier molecular flexibility index (Phi) is 4.28. The van der Waals surface area contributed by atoms with Crippen LogP contribution in [0.2, 0.25) is 0 Å². The summed E-state index contributed by atoms with van der Waals surface area (Å²) in [5.74, 6) is -0.193. The summed E-state index contributed by atoms with van der Waals surface area (Å²) in [6.07, 6.45) is 3.16. The first-order chi connectivity index (χ1) is 13.1. The molecular formula is C21H20N4O2. The Morgan fingerprint density at radius 2 is 1.96 bits per heavy atom. The molecule has 0 aliphatic carbocycles. The molecule has 1 fully saturated rings. The highest BCUT2D eigenvalue weighted by molar-refractivity contribution is 6.08. The molecule has 1 saturated heterocycles. The molecule has 0 spiro atoms. The number of nitrogens with zero attached hydrogens (tertiary/aromatic N) is 3. The molecule has 2 aliphatic heterocycles. The first-order valence-electron chi connectivity index (χ1n) is 9.08. The molecule has 27 heavy (non-hydrogen) atoms. The van der Waals surface area contributed by atoms with Gasteiger partial charge in [-0.15, -0.1) is 0 Å². The van der Waals surface area contributed by atoms with Crippen molar-refractivity contribution in [2.24, 2.45) is 0 Å². The van der Waals surface area contributed by atoms with E-state index >= 15 is 0 Å². The van der Waals surface area contributed by atoms with E-state index in [1.165, 1.54) is 0 Å². The van der Waals surface area contributed by atoms with Gasteiger partial charge < -0.3 is 15.1 Å². The van der Waals surface area contributed by atoms with E-state index in [1.807, 2.05) is 11.9 Å². The molecule has 2 aromatic rings. The second-order valence-corrected chi connectivity index (χ2v) is 6.96. The molecular weight excluding hydrogens is 340 g/mol. The predicted molar refractivity (Wildman–Crippen MR) is 103 cm³/mol. The van der Waals surface area contributed by atoms with Crippen molar-refractivity contribution in [2.75, 3.05) is 23.8 Å². The Bertz CT molecular complexity index is 946. The minimum absolute atomic E-state index is 0.0480. The number of carbonyl (C=O) groups excluding carboxylic acids is 2. The van der Waals surface area contributed by atoms with E-state index in [2.05, 4.69) is 16.3 Å². The minimum Gasteiger partial charge on any atom is -0.354 e. The molecule has 1 atom stereocenters. The Balaban J connectivity index is 1.60. The quantitative estimate of drug-likeness (QED) is 0.892. The van der Waals surface area contributed by atoms with Gasteiger partial charge in [-0.3, -0.25) is 9.59 Å². The van der Waals surface area contributed by atoms with Gasteiger partial charge in [0, 0.05) is 24.8 Å². The largest absolute Gasteiger partial charge is 0.354 e. The molecule has 1 N–H and O–H groups in total. The number of anilines is 2. The third kappa shape index (κ3) is 3.02. The van der Waals surface area contributed by atoms with Crippen LogP contribution in [0.1, 0.15) is 45.5 Å². The molecule has 2 heterocycles. The summed E-state index contributed by atoms with van der Waals surface area (Å²) < 4.78 is 0. The van der Waals surface area contributed by atoms with E-state index in [1.54, 1.807) is 42.5 Å². The summed E-state index contributed by atoms with van der Waals surface area (Å²) in [6, 6.07) is 14.0. The van der Waals surface area contributed by atoms with E-state index < -0.39 is 0 Å². The second-order valence-electron chi connectivity index (χ2n) is 6.96. The number of amides is 2. The lowest BCUT2D eigenvalue weighted by Gasteiger charge is -2.46. The predicted octanol–water partition coefficient (Wildman–Crippen LogP) is 3.21. The van der Waals surface area contributed by atoms with Gasteiger partial charge in [-0.1, -0.05) is 0 Å². The van der Waals surface area contributed by atoms with Crippen molar-refractivity contribution >= 4 is 23.2 Å². The van der Waals surface area contributed by atoms with Crippen LogP contribution in [0.3, 0.4) is 0 Å². The van der Waals surface area contributed by atoms with Crippen LogP contribution < -0.4 is 10.2 Å². The van der Waals surface area contributed by atoms with Crippen LogP contribution in [0.15, 0.2) is 42.5 Å². The second kappa shape index (κ2) is 6.76. The van der Waals surface area contributed by atoms with Gasteiger partial charge in [-0.2, -0.15) is 5.26 Å². The zero-order valence-electron chi connectivity index (χ0n) is 15.1. The Morgan fingerprint density at radius 1 is 1.19 bits per heavy atom. The number of hydrogen-bond donors (Lipinski definition) is 1. The summed E-state index contributed by atoms with van der Waals surface area (Å²) in [7, 11) is 1.98. The molecule has 2 aromatic carbocycles. The minimum atomic E-state index is -0.241. The summed E-state index contributed by atoms with van der Waals surface area (Å²) in [4.78, 5) is 29.5. The van der Waals surface area contributed by atoms with Crippen LogP contribution in [0.4, 0.5) is 11.4 Å². The molecule has 136 valence electrons. The van der Waals surface area contributed by atoms with Gasteiger partial charge in [0.1, 0.15) is 6.17 Å². The highest BCUT2D eigenvalue weighted by Crippen LogP contribution is 2.34. The summed E-state index contributed by atoms with van der Waals surface area (Å²) in [5.41, 5.74) is 3.11. The smallest absolute Gasteiger partial charge is 0.257 e. The maximum atomic E-state index is 12.8. The number of carbonyl (C=O) groups is 2. The standard InChI is InChI=1S/C21H20N4O2/c1-24-18-12-15(20(26)23-16-8-5-14(13-22)6-9-16)7-10-17(18)21(27)25-11-3-2-4-19(24)25/h5-10,12,19H,2-4,11H2,1H3,(H,23,26)/t19-/m1/s1. The molecule has 0 saturated carbocycles. The molecule has 6 heteroatoms. The van der Waals surface area contributed by atoms with E-state index in [9.17, 15) is 9.59 Å². The maximum Gasteiger partial charge on any atom is 0.257 e. The average molecular weight is 360 g/mol. The van der Waals surface area contributed by atoms with Gasteiger partial charge in [-0.05, 0) is 61.7 Å². The maximum absolute atomic E-state index is 12.8. The van der Waals surface area contributed by atoms with Gasteiger partial charge in [-0.25, -0.2) is 0 Å². The first-order valence-corrected chi connectivity index (χ1v) is 9.08. The molecule has 2 amide bonds. The molecule has 6 nitrogen and oxygen atoms in total. The molecule has 0 aromatic heterocycles. The fraction of sp³-hybridized carbons (Fsp3) is 0.286. The van der Waals surface area contributed by atoms with Crippen LogP contribution in [-0.2, 0) is 0 Å².